The Morgan fingerprint density at radius 3 is 2.34 bits per heavy atom. The van der Waals surface area contributed by atoms with Crippen molar-refractivity contribution in [3.8, 4) is 0 Å². The molecule has 4 heteroatoms. The highest BCUT2D eigenvalue weighted by atomic mass is 16.6. The minimum Gasteiger partial charge on any atom is -0.465 e. The molecule has 4 aliphatic carbocycles. The Bertz CT molecular complexity index is 761. The van der Waals surface area contributed by atoms with Gasteiger partial charge in [-0.1, -0.05) is 47.0 Å². The van der Waals surface area contributed by atoms with E-state index in [-0.39, 0.29) is 23.5 Å². The van der Waals surface area contributed by atoms with Crippen LogP contribution >= 0.6 is 0 Å². The van der Waals surface area contributed by atoms with E-state index >= 15 is 0 Å². The fourth-order valence-electron chi connectivity index (χ4n) is 9.99. The number of rotatable bonds is 8. The van der Waals surface area contributed by atoms with Gasteiger partial charge in [-0.2, -0.15) is 0 Å². The Balaban J connectivity index is 1.59. The van der Waals surface area contributed by atoms with Crippen molar-refractivity contribution in [1.82, 2.24) is 0 Å². The normalized spacial score (nSPS) is 41.5. The van der Waals surface area contributed by atoms with E-state index in [1.807, 2.05) is 0 Å². The van der Waals surface area contributed by atoms with Crippen molar-refractivity contribution in [2.45, 2.75) is 125 Å². The molecule has 0 heterocycles. The minimum atomic E-state index is -0.204. The lowest BCUT2D eigenvalue weighted by atomic mass is 9.43. The van der Waals surface area contributed by atoms with Crippen LogP contribution in [0, 0.1) is 52.3 Å². The minimum absolute atomic E-state index is 0.109. The largest absolute Gasteiger partial charge is 0.465 e. The van der Waals surface area contributed by atoms with Gasteiger partial charge >= 0.3 is 11.9 Å². The summed E-state index contributed by atoms with van der Waals surface area (Å²) in [6.07, 6.45) is 14.9. The lowest BCUT2D eigenvalue weighted by molar-refractivity contribution is -0.213. The molecule has 0 aromatic carbocycles. The maximum atomic E-state index is 12.2. The third-order valence-electron chi connectivity index (χ3n) is 11.4. The predicted octanol–water partition coefficient (Wildman–Crippen LogP) is 7.58. The van der Waals surface area contributed by atoms with Crippen LogP contribution in [0.5, 0.6) is 0 Å². The fourth-order valence-corrected chi connectivity index (χ4v) is 9.99. The SMILES string of the molecule is CC(=O)OC[C@@]12[C@H](CCC[C@@H]1OC(C)=O)CC[C@H]1[C@@H]3CC[C@H]([C@H](C)CCCC(C)C)[C@@]3(C)CC[C@@H]12. The molecular weight excluding hydrogens is 436 g/mol. The summed E-state index contributed by atoms with van der Waals surface area (Å²) in [6.45, 7) is 13.3. The van der Waals surface area contributed by atoms with Gasteiger partial charge in [0.05, 0.1) is 0 Å². The second-order valence-corrected chi connectivity index (χ2v) is 13.6. The summed E-state index contributed by atoms with van der Waals surface area (Å²) in [4.78, 5) is 24.2. The van der Waals surface area contributed by atoms with Crippen molar-refractivity contribution in [2.75, 3.05) is 6.61 Å². The first-order valence-corrected chi connectivity index (χ1v) is 14.9. The number of fused-ring (bicyclic) bond motifs is 5. The molecule has 35 heavy (non-hydrogen) atoms. The van der Waals surface area contributed by atoms with Crippen LogP contribution in [0.4, 0.5) is 0 Å². The van der Waals surface area contributed by atoms with Crippen LogP contribution in [0.25, 0.3) is 0 Å². The summed E-state index contributed by atoms with van der Waals surface area (Å²) in [7, 11) is 0. The van der Waals surface area contributed by atoms with Crippen molar-refractivity contribution in [1.29, 1.82) is 0 Å². The van der Waals surface area contributed by atoms with Crippen LogP contribution in [0.15, 0.2) is 0 Å². The molecule has 4 aliphatic rings. The van der Waals surface area contributed by atoms with Crippen LogP contribution < -0.4 is 0 Å². The Morgan fingerprint density at radius 1 is 0.886 bits per heavy atom. The molecular formula is C31H52O4. The summed E-state index contributed by atoms with van der Waals surface area (Å²) >= 11 is 0. The lowest BCUT2D eigenvalue weighted by Gasteiger charge is -2.62. The van der Waals surface area contributed by atoms with Crippen LogP contribution in [-0.4, -0.2) is 24.6 Å². The molecule has 0 aromatic rings. The highest BCUT2D eigenvalue weighted by Crippen LogP contribution is 2.68. The third kappa shape index (κ3) is 5.06. The zero-order chi connectivity index (χ0) is 25.4. The number of carbonyl (C=O) groups is 2. The second kappa shape index (κ2) is 10.7. The molecule has 4 saturated carbocycles. The smallest absolute Gasteiger partial charge is 0.302 e. The number of hydrogen-bond acceptors (Lipinski definition) is 4. The molecule has 9 atom stereocenters. The van der Waals surface area contributed by atoms with Gasteiger partial charge in [-0.25, -0.2) is 0 Å². The van der Waals surface area contributed by atoms with E-state index in [0.717, 1.165) is 36.5 Å². The zero-order valence-corrected chi connectivity index (χ0v) is 23.4. The molecule has 0 bridgehead atoms. The summed E-state index contributed by atoms with van der Waals surface area (Å²) in [5.74, 6) is 4.47. The van der Waals surface area contributed by atoms with Crippen LogP contribution in [0.1, 0.15) is 119 Å². The molecule has 0 N–H and O–H groups in total. The molecule has 200 valence electrons. The van der Waals surface area contributed by atoms with Crippen LogP contribution in [0.3, 0.4) is 0 Å². The number of carbonyl (C=O) groups excluding carboxylic acids is 2. The van der Waals surface area contributed by atoms with Gasteiger partial charge in [0.25, 0.3) is 0 Å². The average molecular weight is 489 g/mol. The van der Waals surface area contributed by atoms with Gasteiger partial charge in [0.15, 0.2) is 0 Å². The topological polar surface area (TPSA) is 52.6 Å². The van der Waals surface area contributed by atoms with Crippen LogP contribution in [0.2, 0.25) is 0 Å². The maximum Gasteiger partial charge on any atom is 0.302 e. The molecule has 0 amide bonds. The van der Waals surface area contributed by atoms with E-state index in [1.165, 1.54) is 71.1 Å². The van der Waals surface area contributed by atoms with Gasteiger partial charge in [-0.05, 0) is 105 Å². The van der Waals surface area contributed by atoms with E-state index < -0.39 is 0 Å². The van der Waals surface area contributed by atoms with Gasteiger partial charge in [0, 0.05) is 19.3 Å². The van der Waals surface area contributed by atoms with Gasteiger partial charge in [-0.3, -0.25) is 9.59 Å². The predicted molar refractivity (Wildman–Crippen MR) is 140 cm³/mol. The number of esters is 2. The van der Waals surface area contributed by atoms with Gasteiger partial charge in [0.1, 0.15) is 12.7 Å². The average Bonchev–Trinajstić information content (AvgIpc) is 3.14. The summed E-state index contributed by atoms with van der Waals surface area (Å²) in [5, 5.41) is 0. The Labute approximate surface area is 214 Å². The summed E-state index contributed by atoms with van der Waals surface area (Å²) in [6, 6.07) is 0. The standard InChI is InChI=1S/C31H52O4/c1-20(2)9-7-10-21(3)26-15-16-27-25-14-13-24-11-8-12-29(35-23(5)33)31(24,19-34-22(4)32)28(25)17-18-30(26,27)6/h20-21,24-29H,7-19H2,1-6H3/t21-,24-,25+,26-,27+,28+,29+,30-,31+/m1/s1. The highest BCUT2D eigenvalue weighted by Gasteiger charge is 2.64. The van der Waals surface area contributed by atoms with E-state index in [9.17, 15) is 9.59 Å². The molecule has 4 nitrogen and oxygen atoms in total. The molecule has 0 spiro atoms. The van der Waals surface area contributed by atoms with Gasteiger partial charge < -0.3 is 9.47 Å². The highest BCUT2D eigenvalue weighted by molar-refractivity contribution is 5.66. The first kappa shape index (κ1) is 27.0. The van der Waals surface area contributed by atoms with E-state index in [1.54, 1.807) is 6.92 Å². The first-order chi connectivity index (χ1) is 16.6. The number of ether oxygens (including phenoxy) is 2. The van der Waals surface area contributed by atoms with Crippen molar-refractivity contribution >= 4 is 11.9 Å². The Hall–Kier alpha value is -1.06. The van der Waals surface area contributed by atoms with E-state index in [2.05, 4.69) is 27.7 Å². The molecule has 0 aliphatic heterocycles. The Morgan fingerprint density at radius 2 is 1.66 bits per heavy atom. The van der Waals surface area contributed by atoms with Crippen molar-refractivity contribution in [3.05, 3.63) is 0 Å². The lowest BCUT2D eigenvalue weighted by Crippen LogP contribution is -2.61. The first-order valence-electron chi connectivity index (χ1n) is 14.9. The van der Waals surface area contributed by atoms with E-state index in [0.29, 0.717) is 29.8 Å². The molecule has 0 unspecified atom stereocenters. The van der Waals surface area contributed by atoms with Crippen molar-refractivity contribution in [2.24, 2.45) is 52.3 Å². The third-order valence-corrected chi connectivity index (χ3v) is 11.4. The molecule has 4 rings (SSSR count). The van der Waals surface area contributed by atoms with Crippen molar-refractivity contribution < 1.29 is 19.1 Å². The summed E-state index contributed by atoms with van der Waals surface area (Å²) < 4.78 is 11.9. The van der Waals surface area contributed by atoms with Gasteiger partial charge in [-0.15, -0.1) is 0 Å². The maximum absolute atomic E-state index is 12.2. The zero-order valence-electron chi connectivity index (χ0n) is 23.4. The second-order valence-electron chi connectivity index (χ2n) is 13.6. The molecule has 0 aromatic heterocycles. The van der Waals surface area contributed by atoms with Crippen molar-refractivity contribution in [3.63, 3.8) is 0 Å². The fraction of sp³-hybridized carbons (Fsp3) is 0.935. The Kier molecular flexibility index (Phi) is 8.28. The monoisotopic (exact) mass is 488 g/mol. The summed E-state index contributed by atoms with van der Waals surface area (Å²) in [5.41, 5.74) is 0.236. The van der Waals surface area contributed by atoms with Gasteiger partial charge in [0.2, 0.25) is 0 Å². The molecule has 0 saturated heterocycles. The van der Waals surface area contributed by atoms with Crippen LogP contribution in [-0.2, 0) is 19.1 Å². The quantitative estimate of drug-likeness (QED) is 0.330. The molecule has 0 radical (unpaired) electrons. The molecule has 4 fully saturated rings. The number of hydrogen-bond donors (Lipinski definition) is 0. The van der Waals surface area contributed by atoms with E-state index in [4.69, 9.17) is 9.47 Å².